The van der Waals surface area contributed by atoms with Crippen molar-refractivity contribution in [2.75, 3.05) is 54.5 Å². The van der Waals surface area contributed by atoms with Crippen LogP contribution in [0.15, 0.2) is 53.7 Å². The average molecular weight is 663 g/mol. The molecule has 49 heavy (non-hydrogen) atoms. The van der Waals surface area contributed by atoms with Gasteiger partial charge in [0.05, 0.1) is 37.7 Å². The largest absolute Gasteiger partial charge is 0.392 e. The van der Waals surface area contributed by atoms with E-state index in [2.05, 4.69) is 42.6 Å². The third-order valence-corrected chi connectivity index (χ3v) is 11.5. The summed E-state index contributed by atoms with van der Waals surface area (Å²) in [6.07, 6.45) is 8.92. The molecule has 0 radical (unpaired) electrons. The molecule has 12 nitrogen and oxygen atoms in total. The number of fused-ring (bicyclic) bond motifs is 7. The van der Waals surface area contributed by atoms with Gasteiger partial charge in [0.15, 0.2) is 0 Å². The Kier molecular flexibility index (Phi) is 7.36. The molecule has 2 bridgehead atoms. The van der Waals surface area contributed by atoms with Gasteiger partial charge in [-0.2, -0.15) is 0 Å². The molecule has 9 rings (SSSR count). The summed E-state index contributed by atoms with van der Waals surface area (Å²) >= 11 is 0. The number of carbonyl (C=O) groups excluding carboxylic acids is 1. The minimum Gasteiger partial charge on any atom is -0.392 e. The number of ether oxygens (including phenoxy) is 1. The van der Waals surface area contributed by atoms with E-state index in [1.54, 1.807) is 30.4 Å². The quantitative estimate of drug-likeness (QED) is 0.304. The zero-order chi connectivity index (χ0) is 33.4. The number of pyridine rings is 3. The lowest BCUT2D eigenvalue weighted by molar-refractivity contribution is -0.0691. The van der Waals surface area contributed by atoms with Gasteiger partial charge in [0.25, 0.3) is 11.5 Å². The number of aliphatic hydroxyl groups is 1. The zero-order valence-corrected chi connectivity index (χ0v) is 28.0. The van der Waals surface area contributed by atoms with Crippen LogP contribution in [0.4, 0.5) is 23.0 Å². The summed E-state index contributed by atoms with van der Waals surface area (Å²) in [5.41, 5.74) is 6.64. The van der Waals surface area contributed by atoms with Crippen molar-refractivity contribution in [3.63, 3.8) is 0 Å². The molecule has 0 aromatic carbocycles. The van der Waals surface area contributed by atoms with Crippen molar-refractivity contribution < 1.29 is 14.6 Å². The lowest BCUT2D eigenvalue weighted by Gasteiger charge is -2.46. The number of hydrogen-bond donors (Lipinski definition) is 2. The molecule has 4 aromatic heterocycles. The summed E-state index contributed by atoms with van der Waals surface area (Å²) in [7, 11) is 1.71. The molecular formula is C37H42N8O4. The monoisotopic (exact) mass is 662 g/mol. The number of aromatic nitrogens is 4. The number of rotatable bonds is 7. The van der Waals surface area contributed by atoms with Gasteiger partial charge in [-0.25, -0.2) is 9.97 Å². The molecule has 254 valence electrons. The molecule has 1 amide bonds. The van der Waals surface area contributed by atoms with Crippen molar-refractivity contribution in [3.05, 3.63) is 81.8 Å². The molecule has 2 aliphatic carbocycles. The number of aliphatic hydroxyl groups excluding tert-OH is 1. The van der Waals surface area contributed by atoms with Crippen molar-refractivity contribution in [1.29, 1.82) is 0 Å². The van der Waals surface area contributed by atoms with Crippen molar-refractivity contribution in [2.24, 2.45) is 7.05 Å². The number of nitrogens with zero attached hydrogens (tertiary/aromatic N) is 7. The van der Waals surface area contributed by atoms with Crippen LogP contribution >= 0.6 is 0 Å². The lowest BCUT2D eigenvalue weighted by Crippen LogP contribution is -2.59. The molecule has 0 spiro atoms. The maximum Gasteiger partial charge on any atom is 0.276 e. The number of piperazine rings is 1. The Morgan fingerprint density at radius 1 is 1.02 bits per heavy atom. The van der Waals surface area contributed by atoms with Gasteiger partial charge in [-0.1, -0.05) is 0 Å². The highest BCUT2D eigenvalue weighted by molar-refractivity contribution is 6.06. The lowest BCUT2D eigenvalue weighted by atomic mass is 9.98. The van der Waals surface area contributed by atoms with Crippen molar-refractivity contribution >= 4 is 28.9 Å². The molecule has 4 aromatic rings. The van der Waals surface area contributed by atoms with Gasteiger partial charge in [-0.3, -0.25) is 19.4 Å². The smallest absolute Gasteiger partial charge is 0.276 e. The maximum atomic E-state index is 13.9. The molecular weight excluding hydrogens is 620 g/mol. The molecule has 3 aliphatic heterocycles. The predicted octanol–water partition coefficient (Wildman–Crippen LogP) is 3.81. The van der Waals surface area contributed by atoms with Gasteiger partial charge in [0.2, 0.25) is 0 Å². The maximum absolute atomic E-state index is 13.9. The van der Waals surface area contributed by atoms with Crippen LogP contribution < -0.4 is 20.7 Å². The summed E-state index contributed by atoms with van der Waals surface area (Å²) in [5, 5.41) is 13.9. The van der Waals surface area contributed by atoms with E-state index in [4.69, 9.17) is 4.74 Å². The van der Waals surface area contributed by atoms with Crippen LogP contribution in [-0.2, 0) is 24.9 Å². The van der Waals surface area contributed by atoms with Crippen LogP contribution in [0.3, 0.4) is 0 Å². The highest BCUT2D eigenvalue weighted by atomic mass is 16.5. The molecule has 12 heteroatoms. The first-order valence-corrected chi connectivity index (χ1v) is 17.5. The third kappa shape index (κ3) is 4.99. The summed E-state index contributed by atoms with van der Waals surface area (Å²) in [5.74, 6) is 2.08. The van der Waals surface area contributed by atoms with Crippen LogP contribution in [0.5, 0.6) is 0 Å². The Balaban J connectivity index is 0.968. The van der Waals surface area contributed by atoms with Gasteiger partial charge in [-0.05, 0) is 73.6 Å². The first kappa shape index (κ1) is 30.5. The second-order valence-corrected chi connectivity index (χ2v) is 14.3. The number of aryl methyl sites for hydroxylation is 1. The molecule has 3 fully saturated rings. The van der Waals surface area contributed by atoms with Gasteiger partial charge in [-0.15, -0.1) is 0 Å². The summed E-state index contributed by atoms with van der Waals surface area (Å²) < 4.78 is 9.15. The van der Waals surface area contributed by atoms with Gasteiger partial charge >= 0.3 is 0 Å². The van der Waals surface area contributed by atoms with E-state index in [-0.39, 0.29) is 18.1 Å². The third-order valence-electron chi connectivity index (χ3n) is 11.5. The summed E-state index contributed by atoms with van der Waals surface area (Å²) in [6, 6.07) is 10.6. The Bertz CT molecular complexity index is 2000. The first-order chi connectivity index (χ1) is 23.9. The van der Waals surface area contributed by atoms with E-state index in [9.17, 15) is 14.7 Å². The number of carbonyl (C=O) groups is 1. The van der Waals surface area contributed by atoms with Crippen LogP contribution in [0.2, 0.25) is 0 Å². The number of amides is 1. The van der Waals surface area contributed by atoms with E-state index in [1.807, 2.05) is 24.4 Å². The SMILES string of the molecule is C[C@H]1CN(C2COC2)CCN1c1ccc(Nc2cc(-c3ccnc(N4CCn5c(cc6c5C5CCC6C5)C4=O)c3CO)cn(C)c2=O)nc1. The van der Waals surface area contributed by atoms with Gasteiger partial charge < -0.3 is 29.2 Å². The van der Waals surface area contributed by atoms with Crippen LogP contribution in [-0.4, -0.2) is 86.5 Å². The highest BCUT2D eigenvalue weighted by Crippen LogP contribution is 2.54. The van der Waals surface area contributed by atoms with Crippen molar-refractivity contribution in [2.45, 2.75) is 63.3 Å². The molecule has 1 saturated carbocycles. The van der Waals surface area contributed by atoms with E-state index < -0.39 is 0 Å². The topological polar surface area (TPSA) is 121 Å². The minimum absolute atomic E-state index is 0.0824. The van der Waals surface area contributed by atoms with E-state index >= 15 is 0 Å². The fourth-order valence-electron chi connectivity index (χ4n) is 8.93. The Hall–Kier alpha value is -4.52. The molecule has 2 unspecified atom stereocenters. The average Bonchev–Trinajstić information content (AvgIpc) is 3.81. The second kappa shape index (κ2) is 11.8. The minimum atomic E-state index is -0.306. The Morgan fingerprint density at radius 3 is 2.63 bits per heavy atom. The number of anilines is 4. The molecule has 2 N–H and O–H groups in total. The molecule has 3 atom stereocenters. The van der Waals surface area contributed by atoms with Crippen LogP contribution in [0, 0.1) is 0 Å². The summed E-state index contributed by atoms with van der Waals surface area (Å²) in [6.45, 7) is 7.70. The van der Waals surface area contributed by atoms with Crippen LogP contribution in [0.25, 0.3) is 11.1 Å². The number of nitrogens with one attached hydrogen (secondary N) is 1. The van der Waals surface area contributed by atoms with E-state index in [0.29, 0.717) is 65.5 Å². The van der Waals surface area contributed by atoms with E-state index in [0.717, 1.165) is 49.8 Å². The fraction of sp³-hybridized carbons (Fsp3) is 0.459. The number of hydrogen-bond acceptors (Lipinski definition) is 9. The fourth-order valence-corrected chi connectivity index (χ4v) is 8.93. The Labute approximate surface area is 284 Å². The first-order valence-electron chi connectivity index (χ1n) is 17.5. The van der Waals surface area contributed by atoms with Gasteiger partial charge in [0, 0.05) is 80.9 Å². The molecule has 7 heterocycles. The zero-order valence-electron chi connectivity index (χ0n) is 28.0. The predicted molar refractivity (Wildman–Crippen MR) is 187 cm³/mol. The standard InChI is InChI=1S/C37H42N8O4/c1-22-17-42(27-20-49-21-27)9-10-43(22)26-5-6-33(39-16-26)40-31-14-25(18-41(2)36(31)47)28-7-8-38-35(30(28)19-46)45-12-11-44-32(37(45)48)15-29-23-3-4-24(13-23)34(29)44/h5-8,14-16,18,22-24,27,46H,3-4,9-13,17,19-21H2,1-2H3,(H,39,40)/t22-,23?,24?/m0/s1. The van der Waals surface area contributed by atoms with Crippen molar-refractivity contribution in [3.8, 4) is 11.1 Å². The highest BCUT2D eigenvalue weighted by Gasteiger charge is 2.43. The van der Waals surface area contributed by atoms with Crippen LogP contribution in [0.1, 0.15) is 65.3 Å². The molecule has 2 saturated heterocycles. The Morgan fingerprint density at radius 2 is 1.88 bits per heavy atom. The summed E-state index contributed by atoms with van der Waals surface area (Å²) in [4.78, 5) is 43.1. The normalized spacial score (nSPS) is 23.5. The van der Waals surface area contributed by atoms with E-state index in [1.165, 1.54) is 35.1 Å². The second-order valence-electron chi connectivity index (χ2n) is 14.3. The molecule has 5 aliphatic rings. The van der Waals surface area contributed by atoms with Crippen molar-refractivity contribution in [1.82, 2.24) is 24.0 Å². The van der Waals surface area contributed by atoms with Gasteiger partial charge in [0.1, 0.15) is 23.0 Å².